The molecule has 3 aliphatic rings. The Labute approximate surface area is 301 Å². The zero-order valence-corrected chi connectivity index (χ0v) is 28.6. The molecular weight excluding hydrogens is 691 g/mol. The first kappa shape index (κ1) is 32.5. The second-order valence-corrected chi connectivity index (χ2v) is 14.2. The van der Waals surface area contributed by atoms with Gasteiger partial charge in [-0.25, -0.2) is 19.9 Å². The zero-order chi connectivity index (χ0) is 35.5. The number of anilines is 2. The van der Waals surface area contributed by atoms with E-state index in [4.69, 9.17) is 28.5 Å². The van der Waals surface area contributed by atoms with Gasteiger partial charge in [-0.2, -0.15) is 15.5 Å². The topological polar surface area (TPSA) is 172 Å². The van der Waals surface area contributed by atoms with Crippen LogP contribution in [0.15, 0.2) is 79.4 Å². The monoisotopic (exact) mass is 718 g/mol. The quantitative estimate of drug-likeness (QED) is 0.212. The number of hydrogen-bond acceptors (Lipinski definition) is 9. The van der Waals surface area contributed by atoms with Crippen molar-refractivity contribution in [3.8, 4) is 17.2 Å². The standard InChI is InChI=1S/C36H28Cl2N10O3/c1-34(16-21-4-6-22(7-5-21)23-18-40-29(17-39)41-19-23)32(51)47(26-14-24(37)13-25(38)15-26)33-42-20-27(48(33)34)30(49)44-36(10-11-36)31(50)45-35(8-9-35)28-3-2-12-43-46-28/h2-7,12-15,18-20H,8-11,16H2,1H3,(H,44,49)(H,45,50)/t34-/m1/s1. The summed E-state index contributed by atoms with van der Waals surface area (Å²) >= 11 is 12.7. The number of carbonyl (C=O) groups excluding carboxylic acids is 3. The van der Waals surface area contributed by atoms with Gasteiger partial charge in [-0.15, -0.1) is 0 Å². The SMILES string of the molecule is C[C@@]1(Cc2ccc(-c3cnc(C#N)nc3)cc2)C(=O)N(c2cc(Cl)cc(Cl)c2)c2ncc(C(=O)NC3(C(=O)NC4(c5cccnn5)CC4)CC3)n21. The van der Waals surface area contributed by atoms with Crippen molar-refractivity contribution in [2.24, 2.45) is 0 Å². The molecule has 2 aromatic carbocycles. The summed E-state index contributed by atoms with van der Waals surface area (Å²) in [5, 5.41) is 23.9. The lowest BCUT2D eigenvalue weighted by atomic mass is 9.90. The van der Waals surface area contributed by atoms with Crippen LogP contribution in [0.3, 0.4) is 0 Å². The zero-order valence-electron chi connectivity index (χ0n) is 27.1. The van der Waals surface area contributed by atoms with Crippen molar-refractivity contribution < 1.29 is 14.4 Å². The lowest BCUT2D eigenvalue weighted by Gasteiger charge is -2.27. The van der Waals surface area contributed by atoms with E-state index in [1.807, 2.05) is 36.4 Å². The molecule has 2 saturated carbocycles. The van der Waals surface area contributed by atoms with Gasteiger partial charge < -0.3 is 10.6 Å². The van der Waals surface area contributed by atoms with Crippen LogP contribution in [0.25, 0.3) is 11.1 Å². The lowest BCUT2D eigenvalue weighted by molar-refractivity contribution is -0.125. The van der Waals surface area contributed by atoms with E-state index in [-0.39, 0.29) is 35.7 Å². The third-order valence-corrected chi connectivity index (χ3v) is 10.2. The van der Waals surface area contributed by atoms with Gasteiger partial charge in [0, 0.05) is 40.6 Å². The second kappa shape index (κ2) is 12.0. The number of amides is 3. The number of hydrogen-bond donors (Lipinski definition) is 2. The Kier molecular flexibility index (Phi) is 7.62. The molecule has 13 nitrogen and oxygen atoms in total. The predicted octanol–water partition coefficient (Wildman–Crippen LogP) is 5.01. The minimum absolute atomic E-state index is 0.0756. The highest BCUT2D eigenvalue weighted by atomic mass is 35.5. The Hall–Kier alpha value is -5.71. The molecule has 0 spiro atoms. The third-order valence-electron chi connectivity index (χ3n) is 9.73. The van der Waals surface area contributed by atoms with Gasteiger partial charge in [0.05, 0.1) is 23.1 Å². The molecule has 51 heavy (non-hydrogen) atoms. The molecule has 0 bridgehead atoms. The van der Waals surface area contributed by atoms with E-state index in [1.54, 1.807) is 54.3 Å². The maximum atomic E-state index is 14.5. The summed E-state index contributed by atoms with van der Waals surface area (Å²) < 4.78 is 1.62. The molecule has 0 unspecified atom stereocenters. The molecule has 1 atom stereocenters. The molecule has 2 N–H and O–H groups in total. The Morgan fingerprint density at radius 1 is 0.922 bits per heavy atom. The number of fused-ring (bicyclic) bond motifs is 1. The summed E-state index contributed by atoms with van der Waals surface area (Å²) in [6, 6.07) is 17.8. The van der Waals surface area contributed by atoms with Crippen molar-refractivity contribution in [3.63, 3.8) is 0 Å². The molecule has 3 aromatic heterocycles. The molecule has 2 aliphatic carbocycles. The molecule has 15 heteroatoms. The number of nitrogens with one attached hydrogen (secondary N) is 2. The van der Waals surface area contributed by atoms with Crippen molar-refractivity contribution in [1.82, 2.24) is 40.3 Å². The van der Waals surface area contributed by atoms with E-state index in [1.165, 1.54) is 11.1 Å². The van der Waals surface area contributed by atoms with E-state index in [0.29, 0.717) is 34.3 Å². The third kappa shape index (κ3) is 5.66. The van der Waals surface area contributed by atoms with Crippen LogP contribution in [-0.2, 0) is 27.1 Å². The first-order valence-corrected chi connectivity index (χ1v) is 16.9. The van der Waals surface area contributed by atoms with Gasteiger partial charge in [-0.05, 0) is 74.1 Å². The first-order valence-electron chi connectivity index (χ1n) is 16.2. The smallest absolute Gasteiger partial charge is 0.270 e. The number of carbonyl (C=O) groups is 3. The fourth-order valence-electron chi connectivity index (χ4n) is 6.66. The number of benzene rings is 2. The van der Waals surface area contributed by atoms with Crippen LogP contribution in [0.4, 0.5) is 11.6 Å². The molecule has 0 saturated heterocycles. The molecule has 5 aromatic rings. The van der Waals surface area contributed by atoms with Crippen LogP contribution < -0.4 is 15.5 Å². The van der Waals surface area contributed by atoms with Gasteiger partial charge in [-0.3, -0.25) is 19.0 Å². The van der Waals surface area contributed by atoms with Gasteiger partial charge in [0.1, 0.15) is 22.8 Å². The van der Waals surface area contributed by atoms with E-state index in [9.17, 15) is 14.4 Å². The van der Waals surface area contributed by atoms with Gasteiger partial charge in [0.15, 0.2) is 0 Å². The Bertz CT molecular complexity index is 2240. The molecule has 2 fully saturated rings. The maximum absolute atomic E-state index is 14.5. The number of halogens is 2. The number of rotatable bonds is 9. The van der Waals surface area contributed by atoms with Gasteiger partial charge in [0.2, 0.25) is 17.7 Å². The average molecular weight is 720 g/mol. The summed E-state index contributed by atoms with van der Waals surface area (Å²) in [6.45, 7) is 1.75. The minimum atomic E-state index is -1.32. The van der Waals surface area contributed by atoms with Crippen molar-refractivity contribution in [2.45, 2.75) is 55.6 Å². The molecule has 4 heterocycles. The van der Waals surface area contributed by atoms with Crippen LogP contribution >= 0.6 is 23.2 Å². The summed E-state index contributed by atoms with van der Waals surface area (Å²) in [5.74, 6) is -0.882. The van der Waals surface area contributed by atoms with Gasteiger partial charge in [0.25, 0.3) is 11.8 Å². The minimum Gasteiger partial charge on any atom is -0.343 e. The second-order valence-electron chi connectivity index (χ2n) is 13.3. The van der Waals surface area contributed by atoms with E-state index in [2.05, 4.69) is 35.8 Å². The highest BCUT2D eigenvalue weighted by molar-refractivity contribution is 6.35. The number of nitriles is 1. The lowest BCUT2D eigenvalue weighted by Crippen LogP contribution is -2.52. The van der Waals surface area contributed by atoms with Crippen molar-refractivity contribution in [3.05, 3.63) is 112 Å². The molecule has 3 amide bonds. The molecule has 8 rings (SSSR count). The van der Waals surface area contributed by atoms with Crippen LogP contribution in [0.5, 0.6) is 0 Å². The van der Waals surface area contributed by atoms with Crippen molar-refractivity contribution in [2.75, 3.05) is 4.90 Å². The van der Waals surface area contributed by atoms with Crippen LogP contribution in [0, 0.1) is 11.3 Å². The van der Waals surface area contributed by atoms with Crippen LogP contribution in [-0.4, -0.2) is 53.0 Å². The summed E-state index contributed by atoms with van der Waals surface area (Å²) in [5.41, 5.74) is 0.524. The first-order chi connectivity index (χ1) is 24.5. The fourth-order valence-corrected chi connectivity index (χ4v) is 7.17. The van der Waals surface area contributed by atoms with Crippen LogP contribution in [0.1, 0.15) is 60.2 Å². The molecular formula is C36H28Cl2N10O3. The van der Waals surface area contributed by atoms with E-state index in [0.717, 1.165) is 29.5 Å². The Morgan fingerprint density at radius 2 is 1.63 bits per heavy atom. The van der Waals surface area contributed by atoms with Crippen LogP contribution in [0.2, 0.25) is 10.0 Å². The molecule has 0 radical (unpaired) electrons. The molecule has 254 valence electrons. The Balaban J connectivity index is 1.11. The highest BCUT2D eigenvalue weighted by Crippen LogP contribution is 2.47. The van der Waals surface area contributed by atoms with Gasteiger partial charge >= 0.3 is 0 Å². The summed E-state index contributed by atoms with van der Waals surface area (Å²) in [7, 11) is 0. The largest absolute Gasteiger partial charge is 0.343 e. The summed E-state index contributed by atoms with van der Waals surface area (Å²) in [4.78, 5) is 56.4. The number of aromatic nitrogens is 6. The van der Waals surface area contributed by atoms with Crippen molar-refractivity contribution in [1.29, 1.82) is 5.26 Å². The fraction of sp³-hybridized carbons (Fsp3) is 0.250. The maximum Gasteiger partial charge on any atom is 0.270 e. The van der Waals surface area contributed by atoms with Gasteiger partial charge in [-0.1, -0.05) is 47.5 Å². The van der Waals surface area contributed by atoms with E-state index < -0.39 is 22.5 Å². The normalized spacial score (nSPS) is 19.2. The van der Waals surface area contributed by atoms with Crippen molar-refractivity contribution >= 4 is 52.6 Å². The Morgan fingerprint density at radius 3 is 2.24 bits per heavy atom. The molecule has 1 aliphatic heterocycles. The number of nitrogens with zero attached hydrogens (tertiary/aromatic N) is 8. The van der Waals surface area contributed by atoms with E-state index >= 15 is 0 Å². The highest BCUT2D eigenvalue weighted by Gasteiger charge is 2.57. The number of imidazole rings is 1. The predicted molar refractivity (Wildman–Crippen MR) is 186 cm³/mol. The average Bonchev–Trinajstić information content (AvgIpc) is 4.03. The summed E-state index contributed by atoms with van der Waals surface area (Å²) in [6.07, 6.45) is 8.71.